The Kier molecular flexibility index (Phi) is 31.9. The maximum atomic E-state index is 13.4. The molecule has 16 aromatic rings. The molecule has 4 amide bonds. The molecule has 0 bridgehead atoms. The Labute approximate surface area is 837 Å². The summed E-state index contributed by atoms with van der Waals surface area (Å²) < 4.78 is 20.4. The number of nitrogens with two attached hydrogens (primary N) is 1. The summed E-state index contributed by atoms with van der Waals surface area (Å²) in [5, 5.41) is 44.9. The molecule has 9 aromatic carbocycles. The average Bonchev–Trinajstić information content (AvgIpc) is 1.71. The molecule has 11 heterocycles. The van der Waals surface area contributed by atoms with E-state index in [2.05, 4.69) is 220 Å². The Bertz CT molecular complexity index is 7140. The van der Waals surface area contributed by atoms with E-state index in [1.165, 1.54) is 22.3 Å². The highest BCUT2D eigenvalue weighted by molar-refractivity contribution is 6.08. The SMILES string of the molecule is Cc1ccn(-c2cc(CN3CCC(O)C(C)C3)cc(NC(=O)c3ccc(C)c(Oc4ccccc4)c3)c2)c1.Cc1ccn(-c2cc(CN3CCC(O)C(C)C3)cc(NC(=O)c3ccc4cc(C)[nH]c4c3)c2)c1.Cc1ccn(-c2cc(CN3CCC(O)C(C)C3)cc(NC(=O)c3ccc4cc[nH]c4c3)c2)c1.Cc1ccn(-c2cc(CN3CCC[C@H](N)C3)cc(NC(=O)c3ccc(C)c(Oc4ccc(C)nc4)c3)c2)c1. The van der Waals surface area contributed by atoms with Crippen molar-refractivity contribution in [3.63, 3.8) is 0 Å². The second-order valence-electron chi connectivity index (χ2n) is 39.7. The predicted molar refractivity (Wildman–Crippen MR) is 571 cm³/mol. The van der Waals surface area contributed by atoms with E-state index >= 15 is 0 Å². The van der Waals surface area contributed by atoms with Crippen LogP contribution in [0.5, 0.6) is 23.0 Å². The number of hydrogen-bond donors (Lipinski definition) is 10. The molecule has 4 saturated heterocycles. The largest absolute Gasteiger partial charge is 0.457 e. The maximum Gasteiger partial charge on any atom is 0.255 e. The number of amides is 4. The molecule has 4 fully saturated rings. The van der Waals surface area contributed by atoms with Crippen LogP contribution < -0.4 is 36.5 Å². The van der Waals surface area contributed by atoms with E-state index < -0.39 is 0 Å². The van der Waals surface area contributed by atoms with Crippen LogP contribution in [0.2, 0.25) is 0 Å². The molecule has 6 unspecified atom stereocenters. The first kappa shape index (κ1) is 100. The van der Waals surface area contributed by atoms with Gasteiger partial charge >= 0.3 is 0 Å². The number of para-hydroxylation sites is 1. The molecule has 0 radical (unpaired) electrons. The summed E-state index contributed by atoms with van der Waals surface area (Å²) in [6.45, 7) is 32.6. The van der Waals surface area contributed by atoms with Gasteiger partial charge in [-0.1, -0.05) is 63.2 Å². The number of piperidine rings is 4. The first-order valence-corrected chi connectivity index (χ1v) is 49.8. The normalized spacial score (nSPS) is 17.9. The minimum absolute atomic E-state index is 0.129. The van der Waals surface area contributed by atoms with Crippen LogP contribution >= 0.6 is 0 Å². The smallest absolute Gasteiger partial charge is 0.255 e. The van der Waals surface area contributed by atoms with Crippen molar-refractivity contribution in [3.05, 3.63) is 376 Å². The third-order valence-electron chi connectivity index (χ3n) is 27.3. The van der Waals surface area contributed by atoms with Crippen LogP contribution in [0.3, 0.4) is 0 Å². The molecule has 0 aliphatic carbocycles. The van der Waals surface area contributed by atoms with Gasteiger partial charge in [-0.05, 0) is 360 Å². The highest BCUT2D eigenvalue weighted by Crippen LogP contribution is 2.35. The number of aryl methyl sites for hydroxylation is 8. The van der Waals surface area contributed by atoms with Crippen LogP contribution in [0.15, 0.2) is 286 Å². The van der Waals surface area contributed by atoms with Crippen molar-refractivity contribution < 1.29 is 44.0 Å². The topological polar surface area (TPSA) is 299 Å². The molecular weight excluding hydrogens is 1790 g/mol. The quantitative estimate of drug-likeness (QED) is 0.0269. The van der Waals surface area contributed by atoms with Gasteiger partial charge in [-0.25, -0.2) is 0 Å². The second kappa shape index (κ2) is 45.6. The first-order valence-electron chi connectivity index (χ1n) is 49.8. The molecule has 25 heteroatoms. The van der Waals surface area contributed by atoms with Crippen LogP contribution in [0.4, 0.5) is 22.7 Å². The Morgan fingerprint density at radius 2 is 0.762 bits per heavy atom. The average molecular weight is 1920 g/mol. The van der Waals surface area contributed by atoms with Gasteiger partial charge in [-0.2, -0.15) is 0 Å². The van der Waals surface area contributed by atoms with Crippen molar-refractivity contribution in [1.29, 1.82) is 0 Å². The summed E-state index contributed by atoms with van der Waals surface area (Å²) in [6.07, 6.45) is 23.9. The summed E-state index contributed by atoms with van der Waals surface area (Å²) in [4.78, 5) is 73.2. The van der Waals surface area contributed by atoms with Crippen molar-refractivity contribution in [2.75, 3.05) is 73.6 Å². The van der Waals surface area contributed by atoms with Crippen LogP contribution in [-0.2, 0) is 26.2 Å². The van der Waals surface area contributed by atoms with E-state index in [9.17, 15) is 34.5 Å². The van der Waals surface area contributed by atoms with Gasteiger partial charge in [0.1, 0.15) is 23.0 Å². The van der Waals surface area contributed by atoms with E-state index in [-0.39, 0.29) is 65.7 Å². The number of H-pyrrole nitrogens is 2. The zero-order valence-corrected chi connectivity index (χ0v) is 83.6. The van der Waals surface area contributed by atoms with E-state index in [4.69, 9.17) is 15.2 Å². The number of aliphatic hydroxyl groups is 3. The highest BCUT2D eigenvalue weighted by Gasteiger charge is 2.29. The highest BCUT2D eigenvalue weighted by atomic mass is 16.5. The van der Waals surface area contributed by atoms with Crippen LogP contribution in [0, 0.1) is 73.1 Å². The fourth-order valence-electron chi connectivity index (χ4n) is 19.3. The number of carbonyl (C=O) groups is 4. The predicted octanol–water partition coefficient (Wildman–Crippen LogP) is 21.9. The molecule has 7 aromatic heterocycles. The third-order valence-corrected chi connectivity index (χ3v) is 27.3. The lowest BCUT2D eigenvalue weighted by molar-refractivity contribution is 0.0319. The third kappa shape index (κ3) is 26.6. The van der Waals surface area contributed by atoms with Crippen molar-refractivity contribution in [2.24, 2.45) is 23.5 Å². The Morgan fingerprint density at radius 1 is 0.385 bits per heavy atom. The lowest BCUT2D eigenvalue weighted by Crippen LogP contribution is -2.42. The molecule has 25 nitrogen and oxygen atoms in total. The van der Waals surface area contributed by atoms with Gasteiger partial charge in [0.25, 0.3) is 23.6 Å². The minimum Gasteiger partial charge on any atom is -0.457 e. The van der Waals surface area contributed by atoms with E-state index in [0.717, 1.165) is 228 Å². The van der Waals surface area contributed by atoms with Crippen molar-refractivity contribution in [3.8, 4) is 45.7 Å². The van der Waals surface area contributed by atoms with Gasteiger partial charge in [0.15, 0.2) is 0 Å². The second-order valence-corrected chi connectivity index (χ2v) is 39.7. The number of likely N-dealkylation sites (tertiary alicyclic amines) is 4. The summed E-state index contributed by atoms with van der Waals surface area (Å²) >= 11 is 0. The summed E-state index contributed by atoms with van der Waals surface area (Å²) in [6, 6.07) is 73.3. The lowest BCUT2D eigenvalue weighted by atomic mass is 9.96. The molecule has 4 aliphatic heterocycles. The van der Waals surface area contributed by atoms with E-state index in [1.54, 1.807) is 18.3 Å². The molecule has 0 saturated carbocycles. The number of nitrogens with one attached hydrogen (secondary N) is 6. The number of benzene rings is 9. The Balaban J connectivity index is 0.000000131. The Morgan fingerprint density at radius 3 is 1.14 bits per heavy atom. The Hall–Kier alpha value is -14.5. The number of hydrogen-bond acceptors (Lipinski definition) is 15. The molecule has 11 N–H and O–H groups in total. The van der Waals surface area contributed by atoms with E-state index in [0.29, 0.717) is 39.5 Å². The summed E-state index contributed by atoms with van der Waals surface area (Å²) in [5.41, 5.74) is 30.6. The zero-order valence-electron chi connectivity index (χ0n) is 83.6. The van der Waals surface area contributed by atoms with Gasteiger partial charge in [0, 0.05) is 224 Å². The van der Waals surface area contributed by atoms with Gasteiger partial charge in [0.2, 0.25) is 0 Å². The molecule has 7 atom stereocenters. The molecule has 0 spiro atoms. The summed E-state index contributed by atoms with van der Waals surface area (Å²) in [5.74, 6) is 2.76. The van der Waals surface area contributed by atoms with E-state index in [1.807, 2.05) is 198 Å². The fraction of sp³-hybridized carbons (Fsp3) is 0.297. The minimum atomic E-state index is -0.236. The number of nitrogens with zero attached hydrogens (tertiary/aromatic N) is 9. The number of fused-ring (bicyclic) bond motifs is 2. The molecule has 4 aliphatic rings. The number of rotatable bonds is 24. The number of pyridine rings is 1. The molecule has 143 heavy (non-hydrogen) atoms. The number of carbonyl (C=O) groups excluding carboxylic acids is 4. The van der Waals surface area contributed by atoms with Crippen LogP contribution in [0.1, 0.15) is 161 Å². The molecule has 738 valence electrons. The fourth-order valence-corrected chi connectivity index (χ4v) is 19.3. The standard InChI is InChI=1S/C32H35N3O3.C31H35N5O2.C28H32N4O2.C27H30N4O2/c1-22-11-14-35(19-22)28-16-25(21-34-13-12-30(36)24(3)20-34)15-27(18-28)33-32(37)26-10-9-23(2)31(17-26)38-29-7-5-4-6-8-29;1-21-10-12-36(18-21)28-14-24(19-35-11-4-5-26(32)20-35)13-27(16-28)34-31(37)25-8-6-22(2)30(15-25)38-29-9-7-23(3)33-17-29;1-18-6-9-32(15-18)25-12-21(17-31-8-7-27(33)19(2)16-31)11-24(14-25)30-28(34)23-5-4-22-10-20(3)29-26(22)13-23;1-18-6-10-31(15-18)24-12-20(17-30-9-7-26(32)19(2)16-30)11-23(14-24)29-27(33)22-4-3-21-5-8-28-25(21)13-22/h4-11,14-19,24,30,36H,12-13,20-21H2,1-3H3,(H,33,37);6-10,12-18,26H,4-5,11,19-20,32H2,1-3H3,(H,34,37);4-6,9-15,19,27,29,33H,7-8,16-17H2,1-3H3,(H,30,34);3-6,8,10-15,19,26,28,32H,7,9,16-17H2,1-2H3,(H,29,33)/t;26-;;/m.0../s1. The molecule has 20 rings (SSSR count). The van der Waals surface area contributed by atoms with Gasteiger partial charge in [-0.15, -0.1) is 0 Å². The first-order chi connectivity index (χ1) is 68.9. The number of ether oxygens (including phenoxy) is 2. The lowest BCUT2D eigenvalue weighted by Gasteiger charge is -2.34. The number of anilines is 4. The van der Waals surface area contributed by atoms with Crippen LogP contribution in [-0.4, -0.2) is 168 Å². The van der Waals surface area contributed by atoms with Gasteiger partial charge < -0.3 is 80.0 Å². The summed E-state index contributed by atoms with van der Waals surface area (Å²) in [7, 11) is 0. The van der Waals surface area contributed by atoms with Crippen molar-refractivity contribution >= 4 is 68.2 Å². The van der Waals surface area contributed by atoms with Gasteiger partial charge in [0.05, 0.1) is 24.5 Å². The van der Waals surface area contributed by atoms with Crippen molar-refractivity contribution in [2.45, 2.75) is 159 Å². The van der Waals surface area contributed by atoms with Gasteiger partial charge in [-0.3, -0.25) is 43.8 Å². The zero-order chi connectivity index (χ0) is 100. The van der Waals surface area contributed by atoms with Crippen LogP contribution in [0.25, 0.3) is 44.6 Å². The number of aromatic amines is 2. The van der Waals surface area contributed by atoms with Crippen molar-refractivity contribution in [1.82, 2.24) is 52.8 Å². The number of aromatic nitrogens is 7. The number of aliphatic hydroxyl groups excluding tert-OH is 3. The monoisotopic (exact) mass is 1920 g/mol. The maximum absolute atomic E-state index is 13.4. The molecular formula is C118H132N16O9.